The van der Waals surface area contributed by atoms with E-state index in [-0.39, 0.29) is 30.5 Å². The van der Waals surface area contributed by atoms with E-state index >= 15 is 0 Å². The number of hydrogen-bond acceptors (Lipinski definition) is 8. The van der Waals surface area contributed by atoms with Crippen molar-refractivity contribution in [2.75, 3.05) is 0 Å². The molecule has 0 aliphatic heterocycles. The normalized spacial score (nSPS) is 11.0. The van der Waals surface area contributed by atoms with E-state index in [4.69, 9.17) is 11.6 Å². The number of ketones is 1. The molecule has 0 unspecified atom stereocenters. The van der Waals surface area contributed by atoms with Crippen molar-refractivity contribution in [1.29, 1.82) is 0 Å². The fourth-order valence-corrected chi connectivity index (χ4v) is 2.70. The summed E-state index contributed by atoms with van der Waals surface area (Å²) in [6, 6.07) is 4.14. The van der Waals surface area contributed by atoms with Crippen molar-refractivity contribution in [3.05, 3.63) is 53.2 Å². The molecule has 0 radical (unpaired) electrons. The molecule has 12 heteroatoms. The van der Waals surface area contributed by atoms with Gasteiger partial charge in [-0.15, -0.1) is 15.3 Å². The van der Waals surface area contributed by atoms with E-state index in [9.17, 15) is 9.18 Å². The third-order valence-corrected chi connectivity index (χ3v) is 4.21. The van der Waals surface area contributed by atoms with Gasteiger partial charge in [0.05, 0.1) is 25.1 Å². The summed E-state index contributed by atoms with van der Waals surface area (Å²) in [7, 11) is 0. The molecule has 29 heavy (non-hydrogen) atoms. The molecule has 0 aliphatic rings. The van der Waals surface area contributed by atoms with Crippen LogP contribution >= 0.6 is 11.6 Å². The van der Waals surface area contributed by atoms with Crippen LogP contribution in [0.5, 0.6) is 0 Å². The van der Waals surface area contributed by atoms with Crippen LogP contribution in [0.4, 0.5) is 4.39 Å². The maximum absolute atomic E-state index is 13.4. The minimum Gasteiger partial charge on any atom is -0.298 e. The lowest BCUT2D eigenvalue weighted by molar-refractivity contribution is -0.117. The number of Topliss-reactive ketones (excluding diaryl/α,β-unsaturated/α-hetero) is 1. The average molecular weight is 414 g/mol. The van der Waals surface area contributed by atoms with E-state index in [1.165, 1.54) is 47.0 Å². The Balaban J connectivity index is 1.50. The summed E-state index contributed by atoms with van der Waals surface area (Å²) in [4.78, 5) is 20.9. The monoisotopic (exact) mass is 413 g/mol. The molecule has 4 aromatic rings. The number of hydrogen-bond donors (Lipinski definition) is 0. The molecule has 3 aromatic heterocycles. The van der Waals surface area contributed by atoms with Gasteiger partial charge in [0.1, 0.15) is 29.4 Å². The lowest BCUT2D eigenvalue weighted by Crippen LogP contribution is -2.09. The first kappa shape index (κ1) is 18.7. The van der Waals surface area contributed by atoms with Crippen molar-refractivity contribution in [2.45, 2.75) is 20.0 Å². The molecule has 0 aliphatic carbocycles. The molecule has 1 aromatic carbocycles. The van der Waals surface area contributed by atoms with E-state index in [1.807, 2.05) is 0 Å². The quantitative estimate of drug-likeness (QED) is 0.469. The zero-order valence-corrected chi connectivity index (χ0v) is 15.8. The van der Waals surface area contributed by atoms with Crippen LogP contribution in [-0.2, 0) is 17.9 Å². The SMILES string of the molecule is CC(=O)Cn1nnc(-c2cnc(-c3cn(Cc4cc(F)ccc4Cl)nn3)cn2)n1. The van der Waals surface area contributed by atoms with Gasteiger partial charge in [-0.3, -0.25) is 9.78 Å². The largest absolute Gasteiger partial charge is 0.298 e. The molecular weight excluding hydrogens is 401 g/mol. The van der Waals surface area contributed by atoms with Crippen LogP contribution in [0.25, 0.3) is 22.9 Å². The van der Waals surface area contributed by atoms with Gasteiger partial charge in [0.25, 0.3) is 0 Å². The maximum Gasteiger partial charge on any atom is 0.224 e. The summed E-state index contributed by atoms with van der Waals surface area (Å²) in [5, 5.41) is 20.3. The molecule has 146 valence electrons. The van der Waals surface area contributed by atoms with E-state index in [2.05, 4.69) is 35.7 Å². The number of carbonyl (C=O) groups excluding carboxylic acids is 1. The Morgan fingerprint density at radius 2 is 1.90 bits per heavy atom. The lowest BCUT2D eigenvalue weighted by Gasteiger charge is -2.03. The number of aromatic nitrogens is 9. The highest BCUT2D eigenvalue weighted by Crippen LogP contribution is 2.19. The Morgan fingerprint density at radius 3 is 2.66 bits per heavy atom. The third-order valence-electron chi connectivity index (χ3n) is 3.84. The van der Waals surface area contributed by atoms with Crippen LogP contribution in [0.15, 0.2) is 36.8 Å². The molecule has 0 N–H and O–H groups in total. The van der Waals surface area contributed by atoms with Gasteiger partial charge in [0.2, 0.25) is 5.82 Å². The van der Waals surface area contributed by atoms with Crippen molar-refractivity contribution in [2.24, 2.45) is 0 Å². The number of nitrogens with zero attached hydrogens (tertiary/aromatic N) is 9. The highest BCUT2D eigenvalue weighted by Gasteiger charge is 2.12. The molecule has 10 nitrogen and oxygen atoms in total. The van der Waals surface area contributed by atoms with E-state index in [0.29, 0.717) is 27.7 Å². The topological polar surface area (TPSA) is 117 Å². The Kier molecular flexibility index (Phi) is 5.04. The summed E-state index contributed by atoms with van der Waals surface area (Å²) in [5.41, 5.74) is 1.97. The van der Waals surface area contributed by atoms with Gasteiger partial charge in [0, 0.05) is 5.02 Å². The molecule has 4 rings (SSSR count). The summed E-state index contributed by atoms with van der Waals surface area (Å²) < 4.78 is 14.9. The minimum absolute atomic E-state index is 0.0386. The van der Waals surface area contributed by atoms with Crippen molar-refractivity contribution < 1.29 is 9.18 Å². The van der Waals surface area contributed by atoms with Gasteiger partial charge in [-0.1, -0.05) is 16.8 Å². The summed E-state index contributed by atoms with van der Waals surface area (Å²) in [5.74, 6) is -0.201. The van der Waals surface area contributed by atoms with Crippen LogP contribution in [0.3, 0.4) is 0 Å². The zero-order valence-electron chi connectivity index (χ0n) is 15.1. The first-order valence-electron chi connectivity index (χ1n) is 8.42. The van der Waals surface area contributed by atoms with Crippen LogP contribution in [0.2, 0.25) is 5.02 Å². The minimum atomic E-state index is -0.375. The van der Waals surface area contributed by atoms with Gasteiger partial charge < -0.3 is 0 Å². The Morgan fingerprint density at radius 1 is 1.10 bits per heavy atom. The second-order valence-corrected chi connectivity index (χ2v) is 6.58. The van der Waals surface area contributed by atoms with E-state index < -0.39 is 0 Å². The van der Waals surface area contributed by atoms with Crippen molar-refractivity contribution in [1.82, 2.24) is 45.2 Å². The summed E-state index contributed by atoms with van der Waals surface area (Å²) in [6.07, 6.45) is 4.64. The first-order chi connectivity index (χ1) is 14.0. The second-order valence-electron chi connectivity index (χ2n) is 6.17. The van der Waals surface area contributed by atoms with Gasteiger partial charge >= 0.3 is 0 Å². The van der Waals surface area contributed by atoms with E-state index in [1.54, 1.807) is 6.20 Å². The molecular formula is C17H13ClFN9O. The molecule has 3 heterocycles. The highest BCUT2D eigenvalue weighted by atomic mass is 35.5. The Hall–Kier alpha value is -3.60. The Labute approximate surface area is 168 Å². The third kappa shape index (κ3) is 4.29. The van der Waals surface area contributed by atoms with Gasteiger partial charge in [0.15, 0.2) is 5.78 Å². The maximum atomic E-state index is 13.4. The van der Waals surface area contributed by atoms with Crippen molar-refractivity contribution >= 4 is 17.4 Å². The predicted octanol–water partition coefficient (Wildman–Crippen LogP) is 1.82. The number of rotatable bonds is 6. The van der Waals surface area contributed by atoms with Crippen molar-refractivity contribution in [3.63, 3.8) is 0 Å². The van der Waals surface area contributed by atoms with Crippen LogP contribution in [-0.4, -0.2) is 51.0 Å². The molecule has 0 atom stereocenters. The van der Waals surface area contributed by atoms with Crippen LogP contribution in [0.1, 0.15) is 12.5 Å². The molecule has 0 saturated heterocycles. The summed E-state index contributed by atoms with van der Waals surface area (Å²) >= 11 is 6.09. The van der Waals surface area contributed by atoms with Gasteiger partial charge in [-0.05, 0) is 35.9 Å². The number of benzene rings is 1. The standard InChI is InChI=1S/C17H13ClFN9O/c1-10(29)7-28-24-17(23-26-28)15-6-20-14(5-21-15)16-9-27(25-22-16)8-11-4-12(19)2-3-13(11)18/h2-6,9H,7-8H2,1H3. The van der Waals surface area contributed by atoms with Crippen LogP contribution in [0, 0.1) is 5.82 Å². The highest BCUT2D eigenvalue weighted by molar-refractivity contribution is 6.31. The van der Waals surface area contributed by atoms with Gasteiger partial charge in [-0.25, -0.2) is 14.1 Å². The van der Waals surface area contributed by atoms with Crippen LogP contribution < -0.4 is 0 Å². The number of carbonyl (C=O) groups is 1. The summed E-state index contributed by atoms with van der Waals surface area (Å²) in [6.45, 7) is 1.74. The second kappa shape index (κ2) is 7.80. The van der Waals surface area contributed by atoms with Gasteiger partial charge in [-0.2, -0.15) is 4.80 Å². The number of halogens is 2. The fraction of sp³-hybridized carbons (Fsp3) is 0.176. The molecule has 0 spiro atoms. The molecule has 0 amide bonds. The van der Waals surface area contributed by atoms with E-state index in [0.717, 1.165) is 0 Å². The fourth-order valence-electron chi connectivity index (χ4n) is 2.52. The first-order valence-corrected chi connectivity index (χ1v) is 8.80. The van der Waals surface area contributed by atoms with Crippen molar-refractivity contribution in [3.8, 4) is 22.9 Å². The number of tetrazole rings is 1. The smallest absolute Gasteiger partial charge is 0.224 e. The molecule has 0 bridgehead atoms. The molecule has 0 fully saturated rings. The predicted molar refractivity (Wildman–Crippen MR) is 99.1 cm³/mol. The lowest BCUT2D eigenvalue weighted by atomic mass is 10.2. The zero-order chi connectivity index (χ0) is 20.4. The average Bonchev–Trinajstić information content (AvgIpc) is 3.34. The molecule has 0 saturated carbocycles. The Bertz CT molecular complexity index is 1170.